The number of para-hydroxylation sites is 2. The number of imidazole rings is 1. The van der Waals surface area contributed by atoms with E-state index in [1.165, 1.54) is 16.7 Å². The molecule has 0 bridgehead atoms. The number of nitrogens with zero attached hydrogens (tertiary/aromatic N) is 3. The van der Waals surface area contributed by atoms with E-state index >= 15 is 0 Å². The van der Waals surface area contributed by atoms with Crippen molar-refractivity contribution in [1.29, 1.82) is 0 Å². The lowest BCUT2D eigenvalue weighted by molar-refractivity contribution is -0.117. The summed E-state index contributed by atoms with van der Waals surface area (Å²) in [4.78, 5) is 20.0. The van der Waals surface area contributed by atoms with Gasteiger partial charge in [0.1, 0.15) is 5.82 Å². The van der Waals surface area contributed by atoms with Crippen molar-refractivity contribution in [2.75, 3.05) is 11.4 Å². The van der Waals surface area contributed by atoms with Gasteiger partial charge in [-0.1, -0.05) is 48.5 Å². The first-order valence-electron chi connectivity index (χ1n) is 10.9. The second kappa shape index (κ2) is 7.69. The fourth-order valence-electron chi connectivity index (χ4n) is 4.88. The summed E-state index contributed by atoms with van der Waals surface area (Å²) in [5, 5.41) is 0. The van der Waals surface area contributed by atoms with E-state index in [9.17, 15) is 4.79 Å². The van der Waals surface area contributed by atoms with Gasteiger partial charge >= 0.3 is 0 Å². The Morgan fingerprint density at radius 3 is 2.35 bits per heavy atom. The summed E-state index contributed by atoms with van der Waals surface area (Å²) >= 11 is 0. The predicted molar refractivity (Wildman–Crippen MR) is 126 cm³/mol. The molecule has 0 spiro atoms. The third-order valence-corrected chi connectivity index (χ3v) is 6.30. The SMILES string of the molecule is Cc1cc(C)cc(N2C[C@H](c3nc4ccccc4n3[C@H](C)c3ccccc3)CC2=O)c1. The van der Waals surface area contributed by atoms with E-state index in [0.29, 0.717) is 13.0 Å². The van der Waals surface area contributed by atoms with Crippen LogP contribution in [-0.2, 0) is 4.79 Å². The van der Waals surface area contributed by atoms with Gasteiger partial charge in [-0.15, -0.1) is 0 Å². The second-order valence-electron chi connectivity index (χ2n) is 8.67. The average Bonchev–Trinajstić information content (AvgIpc) is 3.34. The van der Waals surface area contributed by atoms with Gasteiger partial charge in [0.2, 0.25) is 5.91 Å². The summed E-state index contributed by atoms with van der Waals surface area (Å²) in [7, 11) is 0. The van der Waals surface area contributed by atoms with Crippen molar-refractivity contribution in [1.82, 2.24) is 9.55 Å². The molecule has 0 radical (unpaired) electrons. The first kappa shape index (κ1) is 19.6. The number of hydrogen-bond acceptors (Lipinski definition) is 2. The molecule has 1 aliphatic heterocycles. The molecule has 0 saturated carbocycles. The molecule has 4 aromatic rings. The first-order valence-corrected chi connectivity index (χ1v) is 10.9. The standard InChI is InChI=1S/C27H27N3O/c1-18-13-19(2)15-23(14-18)29-17-22(16-26(29)31)27-28-24-11-7-8-12-25(24)30(27)20(3)21-9-5-4-6-10-21/h4-15,20,22H,16-17H2,1-3H3/t20-,22-/m1/s1. The van der Waals surface area contributed by atoms with Crippen LogP contribution in [-0.4, -0.2) is 22.0 Å². The lowest BCUT2D eigenvalue weighted by Crippen LogP contribution is -2.25. The predicted octanol–water partition coefficient (Wildman–Crippen LogP) is 5.78. The van der Waals surface area contributed by atoms with Crippen molar-refractivity contribution in [3.05, 3.63) is 95.3 Å². The fourth-order valence-corrected chi connectivity index (χ4v) is 4.88. The molecule has 1 fully saturated rings. The quantitative estimate of drug-likeness (QED) is 0.428. The average molecular weight is 410 g/mol. The Morgan fingerprint density at radius 1 is 0.935 bits per heavy atom. The minimum Gasteiger partial charge on any atom is -0.320 e. The smallest absolute Gasteiger partial charge is 0.227 e. The van der Waals surface area contributed by atoms with E-state index < -0.39 is 0 Å². The van der Waals surface area contributed by atoms with Gasteiger partial charge in [0.05, 0.1) is 17.1 Å². The van der Waals surface area contributed by atoms with Gasteiger partial charge in [-0.05, 0) is 61.7 Å². The number of amides is 1. The van der Waals surface area contributed by atoms with E-state index in [1.54, 1.807) is 0 Å². The molecule has 1 aromatic heterocycles. The lowest BCUT2D eigenvalue weighted by Gasteiger charge is -2.21. The van der Waals surface area contributed by atoms with Crippen LogP contribution in [0.25, 0.3) is 11.0 Å². The number of carbonyl (C=O) groups is 1. The van der Waals surface area contributed by atoms with Crippen LogP contribution in [0.4, 0.5) is 5.69 Å². The number of aromatic nitrogens is 2. The zero-order valence-corrected chi connectivity index (χ0v) is 18.2. The van der Waals surface area contributed by atoms with Crippen LogP contribution in [0, 0.1) is 13.8 Å². The number of fused-ring (bicyclic) bond motifs is 1. The molecular formula is C27H27N3O. The minimum absolute atomic E-state index is 0.0619. The highest BCUT2D eigenvalue weighted by atomic mass is 16.2. The Balaban J connectivity index is 1.57. The third kappa shape index (κ3) is 3.52. The second-order valence-corrected chi connectivity index (χ2v) is 8.67. The van der Waals surface area contributed by atoms with E-state index in [2.05, 4.69) is 86.0 Å². The molecule has 2 atom stereocenters. The Kier molecular flexibility index (Phi) is 4.85. The molecule has 2 heterocycles. The maximum absolute atomic E-state index is 13.0. The lowest BCUT2D eigenvalue weighted by atomic mass is 10.0. The summed E-state index contributed by atoms with van der Waals surface area (Å²) < 4.78 is 2.33. The van der Waals surface area contributed by atoms with Crippen LogP contribution in [0.1, 0.15) is 47.8 Å². The zero-order chi connectivity index (χ0) is 21.5. The highest BCUT2D eigenvalue weighted by Gasteiger charge is 2.35. The molecule has 1 aliphatic rings. The van der Waals surface area contributed by atoms with Crippen LogP contribution < -0.4 is 4.90 Å². The number of carbonyl (C=O) groups excluding carboxylic acids is 1. The fraction of sp³-hybridized carbons (Fsp3) is 0.259. The Labute approximate surface area is 183 Å². The van der Waals surface area contributed by atoms with Gasteiger partial charge in [-0.25, -0.2) is 4.98 Å². The first-order chi connectivity index (χ1) is 15.0. The summed E-state index contributed by atoms with van der Waals surface area (Å²) in [6.45, 7) is 7.03. The molecule has 0 unspecified atom stereocenters. The van der Waals surface area contributed by atoms with Crippen molar-refractivity contribution in [2.45, 2.75) is 39.2 Å². The van der Waals surface area contributed by atoms with Gasteiger partial charge < -0.3 is 9.47 Å². The van der Waals surface area contributed by atoms with Gasteiger partial charge in [0.15, 0.2) is 0 Å². The third-order valence-electron chi connectivity index (χ3n) is 6.30. The van der Waals surface area contributed by atoms with E-state index in [-0.39, 0.29) is 17.9 Å². The number of rotatable bonds is 4. The van der Waals surface area contributed by atoms with Crippen molar-refractivity contribution < 1.29 is 4.79 Å². The van der Waals surface area contributed by atoms with Crippen molar-refractivity contribution in [3.8, 4) is 0 Å². The largest absolute Gasteiger partial charge is 0.320 e. The summed E-state index contributed by atoms with van der Waals surface area (Å²) in [5.74, 6) is 1.23. The summed E-state index contributed by atoms with van der Waals surface area (Å²) in [6, 6.07) is 25.3. The van der Waals surface area contributed by atoms with Gasteiger partial charge in [0, 0.05) is 24.6 Å². The summed E-state index contributed by atoms with van der Waals surface area (Å²) in [5.41, 5.74) is 6.68. The van der Waals surface area contributed by atoms with Crippen molar-refractivity contribution in [2.24, 2.45) is 0 Å². The van der Waals surface area contributed by atoms with Crippen LogP contribution in [0.5, 0.6) is 0 Å². The molecule has 4 heteroatoms. The molecule has 0 N–H and O–H groups in total. The molecule has 5 rings (SSSR count). The maximum Gasteiger partial charge on any atom is 0.227 e. The zero-order valence-electron chi connectivity index (χ0n) is 18.2. The Bertz CT molecular complexity index is 1240. The van der Waals surface area contributed by atoms with Gasteiger partial charge in [-0.2, -0.15) is 0 Å². The van der Waals surface area contributed by atoms with Crippen LogP contribution in [0.3, 0.4) is 0 Å². The van der Waals surface area contributed by atoms with Crippen LogP contribution in [0.2, 0.25) is 0 Å². The molecule has 156 valence electrons. The van der Waals surface area contributed by atoms with E-state index in [1.807, 2.05) is 17.0 Å². The maximum atomic E-state index is 13.0. The van der Waals surface area contributed by atoms with Crippen molar-refractivity contribution >= 4 is 22.6 Å². The molecule has 1 saturated heterocycles. The molecule has 31 heavy (non-hydrogen) atoms. The van der Waals surface area contributed by atoms with Gasteiger partial charge in [-0.3, -0.25) is 4.79 Å². The van der Waals surface area contributed by atoms with Gasteiger partial charge in [0.25, 0.3) is 0 Å². The molecule has 0 aliphatic carbocycles. The minimum atomic E-state index is 0.0619. The number of aryl methyl sites for hydroxylation is 2. The van der Waals surface area contributed by atoms with Crippen molar-refractivity contribution in [3.63, 3.8) is 0 Å². The van der Waals surface area contributed by atoms with Crippen LogP contribution >= 0.6 is 0 Å². The number of anilines is 1. The monoisotopic (exact) mass is 409 g/mol. The normalized spacial score (nSPS) is 17.5. The van der Waals surface area contributed by atoms with E-state index in [4.69, 9.17) is 4.98 Å². The topological polar surface area (TPSA) is 38.1 Å². The summed E-state index contributed by atoms with van der Waals surface area (Å²) in [6.07, 6.45) is 0.484. The molecular weight excluding hydrogens is 382 g/mol. The molecule has 3 aromatic carbocycles. The number of benzene rings is 3. The number of hydrogen-bond donors (Lipinski definition) is 0. The molecule has 4 nitrogen and oxygen atoms in total. The van der Waals surface area contributed by atoms with Crippen LogP contribution in [0.15, 0.2) is 72.8 Å². The molecule has 1 amide bonds. The Hall–Kier alpha value is -3.40. The highest BCUT2D eigenvalue weighted by molar-refractivity contribution is 5.96. The highest BCUT2D eigenvalue weighted by Crippen LogP contribution is 2.36. The Morgan fingerprint density at radius 2 is 1.61 bits per heavy atom. The van der Waals surface area contributed by atoms with E-state index in [0.717, 1.165) is 22.5 Å².